The number of nitrogens with one attached hydrogen (secondary N) is 1. The first-order valence-electron chi connectivity index (χ1n) is 7.28. The second kappa shape index (κ2) is 8.60. The minimum Gasteiger partial charge on any atom is -0.490 e. The smallest absolute Gasteiger partial charge is 0.335 e. The summed E-state index contributed by atoms with van der Waals surface area (Å²) in [5.41, 5.74) is 0.547. The van der Waals surface area contributed by atoms with Gasteiger partial charge >= 0.3 is 5.97 Å². The van der Waals surface area contributed by atoms with Crippen LogP contribution in [0.15, 0.2) is 36.4 Å². The summed E-state index contributed by atoms with van der Waals surface area (Å²) in [6.07, 6.45) is 0. The van der Waals surface area contributed by atoms with Crippen molar-refractivity contribution in [2.45, 2.75) is 6.92 Å². The first-order chi connectivity index (χ1) is 11.9. The molecule has 8 heteroatoms. The molecule has 0 saturated carbocycles. The van der Waals surface area contributed by atoms with E-state index in [2.05, 4.69) is 5.32 Å². The normalized spacial score (nSPS) is 10.2. The van der Waals surface area contributed by atoms with E-state index in [-0.39, 0.29) is 23.7 Å². The van der Waals surface area contributed by atoms with Gasteiger partial charge in [0, 0.05) is 5.69 Å². The second-order valence-corrected chi connectivity index (χ2v) is 5.68. The Morgan fingerprint density at radius 1 is 1.04 bits per heavy atom. The molecule has 2 rings (SSSR count). The molecule has 2 N–H and O–H groups in total. The third-order valence-electron chi connectivity index (χ3n) is 3.05. The maximum absolute atomic E-state index is 12.0. The number of ether oxygens (including phenoxy) is 2. The highest BCUT2D eigenvalue weighted by atomic mass is 35.5. The molecule has 0 unspecified atom stereocenters. The van der Waals surface area contributed by atoms with Crippen LogP contribution in [0.4, 0.5) is 5.69 Å². The van der Waals surface area contributed by atoms with E-state index in [0.29, 0.717) is 22.3 Å². The summed E-state index contributed by atoms with van der Waals surface area (Å²) in [6.45, 7) is 1.80. The Bertz CT molecular complexity index is 795. The first kappa shape index (κ1) is 18.9. The second-order valence-electron chi connectivity index (χ2n) is 4.87. The predicted molar refractivity (Wildman–Crippen MR) is 95.2 cm³/mol. The molecule has 1 amide bonds. The van der Waals surface area contributed by atoms with Gasteiger partial charge in [0.25, 0.3) is 5.91 Å². The van der Waals surface area contributed by atoms with E-state index < -0.39 is 11.9 Å². The van der Waals surface area contributed by atoms with Gasteiger partial charge in [-0.05, 0) is 43.3 Å². The quantitative estimate of drug-likeness (QED) is 0.751. The summed E-state index contributed by atoms with van der Waals surface area (Å²) in [6, 6.07) is 8.86. The minimum absolute atomic E-state index is 0.0658. The van der Waals surface area contributed by atoms with E-state index in [1.165, 1.54) is 24.3 Å². The van der Waals surface area contributed by atoms with Crippen LogP contribution in [0.5, 0.6) is 11.5 Å². The molecule has 2 aromatic rings. The number of hydrogen-bond donors (Lipinski definition) is 2. The van der Waals surface area contributed by atoms with Crippen molar-refractivity contribution in [1.82, 2.24) is 0 Å². The van der Waals surface area contributed by atoms with Crippen LogP contribution < -0.4 is 14.8 Å². The average Bonchev–Trinajstić information content (AvgIpc) is 2.57. The van der Waals surface area contributed by atoms with Crippen molar-refractivity contribution in [3.8, 4) is 11.5 Å². The molecule has 0 aliphatic heterocycles. The van der Waals surface area contributed by atoms with E-state index in [1.54, 1.807) is 19.1 Å². The third kappa shape index (κ3) is 5.27. The number of carbonyl (C=O) groups excluding carboxylic acids is 1. The van der Waals surface area contributed by atoms with E-state index >= 15 is 0 Å². The van der Waals surface area contributed by atoms with Crippen molar-refractivity contribution in [2.75, 3.05) is 18.5 Å². The fourth-order valence-electron chi connectivity index (χ4n) is 1.94. The molecule has 0 spiro atoms. The van der Waals surface area contributed by atoms with Gasteiger partial charge in [0.2, 0.25) is 0 Å². The van der Waals surface area contributed by atoms with Gasteiger partial charge < -0.3 is 19.9 Å². The van der Waals surface area contributed by atoms with Gasteiger partial charge in [-0.15, -0.1) is 0 Å². The minimum atomic E-state index is -1.08. The molecule has 6 nitrogen and oxygen atoms in total. The highest BCUT2D eigenvalue weighted by Crippen LogP contribution is 2.29. The van der Waals surface area contributed by atoms with Crippen molar-refractivity contribution in [2.24, 2.45) is 0 Å². The zero-order valence-corrected chi connectivity index (χ0v) is 14.7. The van der Waals surface area contributed by atoms with E-state index in [9.17, 15) is 9.59 Å². The lowest BCUT2D eigenvalue weighted by atomic mass is 10.2. The van der Waals surface area contributed by atoms with Crippen molar-refractivity contribution in [3.63, 3.8) is 0 Å². The maximum Gasteiger partial charge on any atom is 0.335 e. The monoisotopic (exact) mass is 383 g/mol. The van der Waals surface area contributed by atoms with Gasteiger partial charge in [0.15, 0.2) is 18.1 Å². The van der Waals surface area contributed by atoms with Crippen LogP contribution in [0.1, 0.15) is 17.3 Å². The molecule has 0 aliphatic rings. The number of hydrogen-bond acceptors (Lipinski definition) is 4. The molecule has 0 heterocycles. The maximum atomic E-state index is 12.0. The molecule has 0 saturated heterocycles. The third-order valence-corrected chi connectivity index (χ3v) is 3.79. The topological polar surface area (TPSA) is 84.9 Å². The predicted octanol–water partition coefficient (Wildman–Crippen LogP) is 4.11. The Balaban J connectivity index is 2.03. The molecule has 0 aliphatic carbocycles. The molecular formula is C17H15Cl2NO5. The van der Waals surface area contributed by atoms with E-state index in [4.69, 9.17) is 37.8 Å². The van der Waals surface area contributed by atoms with Crippen LogP contribution in [-0.4, -0.2) is 30.2 Å². The number of anilines is 1. The first-order valence-corrected chi connectivity index (χ1v) is 8.04. The number of aromatic carboxylic acids is 1. The Kier molecular flexibility index (Phi) is 6.50. The zero-order chi connectivity index (χ0) is 18.4. The number of amides is 1. The van der Waals surface area contributed by atoms with Gasteiger partial charge in [-0.1, -0.05) is 23.2 Å². The van der Waals surface area contributed by atoms with Crippen LogP contribution in [0.25, 0.3) is 0 Å². The van der Waals surface area contributed by atoms with Crippen molar-refractivity contribution in [3.05, 3.63) is 52.0 Å². The lowest BCUT2D eigenvalue weighted by molar-refractivity contribution is -0.118. The Morgan fingerprint density at radius 2 is 1.80 bits per heavy atom. The Labute approximate surface area is 154 Å². The van der Waals surface area contributed by atoms with Gasteiger partial charge in [-0.3, -0.25) is 4.79 Å². The standard InChI is InChI=1S/C17H15Cl2NO5/c1-2-24-15-7-10(17(22)23)3-6-14(15)25-9-16(21)20-11-4-5-12(18)13(19)8-11/h3-8H,2,9H2,1H3,(H,20,21)(H,22,23). The molecular weight excluding hydrogens is 369 g/mol. The van der Waals surface area contributed by atoms with Crippen LogP contribution in [0.2, 0.25) is 10.0 Å². The van der Waals surface area contributed by atoms with E-state index in [1.807, 2.05) is 0 Å². The zero-order valence-electron chi connectivity index (χ0n) is 13.2. The Hall–Kier alpha value is -2.44. The molecule has 0 atom stereocenters. The molecule has 25 heavy (non-hydrogen) atoms. The van der Waals surface area contributed by atoms with Crippen molar-refractivity contribution < 1.29 is 24.2 Å². The molecule has 0 aromatic heterocycles. The highest BCUT2D eigenvalue weighted by Gasteiger charge is 2.12. The molecule has 0 fully saturated rings. The lowest BCUT2D eigenvalue weighted by Crippen LogP contribution is -2.20. The fourth-order valence-corrected chi connectivity index (χ4v) is 2.24. The number of carboxylic acids is 1. The SMILES string of the molecule is CCOc1cc(C(=O)O)ccc1OCC(=O)Nc1ccc(Cl)c(Cl)c1. The number of carboxylic acid groups (broad SMARTS) is 1. The summed E-state index contributed by atoms with van der Waals surface area (Å²) in [4.78, 5) is 23.0. The largest absolute Gasteiger partial charge is 0.490 e. The van der Waals surface area contributed by atoms with Crippen molar-refractivity contribution >= 4 is 40.8 Å². The number of halogens is 2. The molecule has 0 bridgehead atoms. The average molecular weight is 384 g/mol. The number of rotatable bonds is 7. The highest BCUT2D eigenvalue weighted by molar-refractivity contribution is 6.42. The molecule has 0 radical (unpaired) electrons. The van der Waals surface area contributed by atoms with Crippen LogP contribution in [0, 0.1) is 0 Å². The molecule has 132 valence electrons. The Morgan fingerprint density at radius 3 is 2.44 bits per heavy atom. The van der Waals surface area contributed by atoms with Gasteiger partial charge in [-0.2, -0.15) is 0 Å². The van der Waals surface area contributed by atoms with Crippen LogP contribution >= 0.6 is 23.2 Å². The summed E-state index contributed by atoms with van der Waals surface area (Å²) >= 11 is 11.7. The van der Waals surface area contributed by atoms with Gasteiger partial charge in [-0.25, -0.2) is 4.79 Å². The summed E-state index contributed by atoms with van der Waals surface area (Å²) in [7, 11) is 0. The van der Waals surface area contributed by atoms with Crippen molar-refractivity contribution in [1.29, 1.82) is 0 Å². The summed E-state index contributed by atoms with van der Waals surface area (Å²) in [5, 5.41) is 12.3. The fraction of sp³-hybridized carbons (Fsp3) is 0.176. The summed E-state index contributed by atoms with van der Waals surface area (Å²) < 4.78 is 10.8. The van der Waals surface area contributed by atoms with Gasteiger partial charge in [0.05, 0.1) is 22.2 Å². The van der Waals surface area contributed by atoms with Crippen LogP contribution in [-0.2, 0) is 4.79 Å². The van der Waals surface area contributed by atoms with E-state index in [0.717, 1.165) is 0 Å². The lowest BCUT2D eigenvalue weighted by Gasteiger charge is -2.12. The molecule has 2 aromatic carbocycles. The number of benzene rings is 2. The van der Waals surface area contributed by atoms with Crippen LogP contribution in [0.3, 0.4) is 0 Å². The van der Waals surface area contributed by atoms with Gasteiger partial charge in [0.1, 0.15) is 0 Å². The summed E-state index contributed by atoms with van der Waals surface area (Å²) in [5.74, 6) is -0.964. The number of carbonyl (C=O) groups is 2.